The number of carbonyl (C=O) groups is 2. The summed E-state index contributed by atoms with van der Waals surface area (Å²) >= 11 is 0. The Morgan fingerprint density at radius 2 is 1.65 bits per heavy atom. The maximum absolute atomic E-state index is 11.9. The van der Waals surface area contributed by atoms with Gasteiger partial charge in [-0.2, -0.15) is 0 Å². The Morgan fingerprint density at radius 3 is 2.30 bits per heavy atom. The van der Waals surface area contributed by atoms with Gasteiger partial charge < -0.3 is 30.4 Å². The van der Waals surface area contributed by atoms with Gasteiger partial charge in [-0.15, -0.1) is 0 Å². The normalized spacial score (nSPS) is 32.9. The van der Waals surface area contributed by atoms with Crippen molar-refractivity contribution < 1.29 is 28.9 Å². The van der Waals surface area contributed by atoms with Crippen LogP contribution in [0.5, 0.6) is 0 Å². The highest BCUT2D eigenvalue weighted by atomic mass is 16.6. The highest BCUT2D eigenvalue weighted by Gasteiger charge is 2.39. The maximum Gasteiger partial charge on any atom is 0.302 e. The fourth-order valence-electron chi connectivity index (χ4n) is 7.21. The van der Waals surface area contributed by atoms with Crippen molar-refractivity contribution >= 4 is 11.9 Å². The third-order valence-electron chi connectivity index (χ3n) is 8.96. The second-order valence-corrected chi connectivity index (χ2v) is 12.1. The Kier molecular flexibility index (Phi) is 12.6. The smallest absolute Gasteiger partial charge is 0.302 e. The van der Waals surface area contributed by atoms with E-state index in [4.69, 9.17) is 19.9 Å². The first kappa shape index (κ1) is 30.3. The van der Waals surface area contributed by atoms with Gasteiger partial charge >= 0.3 is 11.9 Å². The Balaban J connectivity index is 1.59. The van der Waals surface area contributed by atoms with Gasteiger partial charge in [-0.05, 0) is 81.6 Å². The summed E-state index contributed by atoms with van der Waals surface area (Å²) < 4.78 is 17.2. The fraction of sp³-hybridized carbons (Fsp3) is 0.931. The topological polar surface area (TPSA) is 120 Å². The predicted octanol–water partition coefficient (Wildman–Crippen LogP) is 4.07. The van der Waals surface area contributed by atoms with Gasteiger partial charge in [-0.1, -0.05) is 32.1 Å². The molecule has 0 aromatic heterocycles. The van der Waals surface area contributed by atoms with Gasteiger partial charge in [-0.3, -0.25) is 9.59 Å². The van der Waals surface area contributed by atoms with Crippen molar-refractivity contribution in [1.82, 2.24) is 5.32 Å². The molecule has 0 bridgehead atoms. The molecule has 0 aromatic rings. The van der Waals surface area contributed by atoms with E-state index >= 15 is 0 Å². The van der Waals surface area contributed by atoms with Crippen LogP contribution in [0.1, 0.15) is 104 Å². The van der Waals surface area contributed by atoms with E-state index in [1.54, 1.807) is 7.11 Å². The molecule has 4 N–H and O–H groups in total. The van der Waals surface area contributed by atoms with E-state index in [2.05, 4.69) is 5.32 Å². The number of methoxy groups -OCH3 is 1. The minimum absolute atomic E-state index is 0.0387. The predicted molar refractivity (Wildman–Crippen MR) is 142 cm³/mol. The number of nitrogens with two attached hydrogens (primary N) is 1. The molecule has 37 heavy (non-hydrogen) atoms. The van der Waals surface area contributed by atoms with Crippen molar-refractivity contribution in [2.45, 2.75) is 134 Å². The van der Waals surface area contributed by atoms with Gasteiger partial charge in [0, 0.05) is 27.4 Å². The third-order valence-corrected chi connectivity index (χ3v) is 8.96. The molecule has 0 radical (unpaired) electrons. The first-order chi connectivity index (χ1) is 17.7. The summed E-state index contributed by atoms with van der Waals surface area (Å²) in [4.78, 5) is 23.8. The van der Waals surface area contributed by atoms with Crippen molar-refractivity contribution in [3.8, 4) is 0 Å². The Labute approximate surface area is 223 Å². The van der Waals surface area contributed by atoms with E-state index in [9.17, 15) is 14.7 Å². The molecule has 8 heteroatoms. The maximum atomic E-state index is 11.9. The lowest BCUT2D eigenvalue weighted by molar-refractivity contribution is -0.154. The minimum Gasteiger partial charge on any atom is -0.462 e. The summed E-state index contributed by atoms with van der Waals surface area (Å²) in [7, 11) is 1.68. The summed E-state index contributed by atoms with van der Waals surface area (Å²) in [6.07, 6.45) is 12.8. The number of nitrogens with one attached hydrogen (secondary N) is 1. The van der Waals surface area contributed by atoms with E-state index < -0.39 is 6.10 Å². The SMILES string of the molecule is COC1CC(CCC(CC(CC2CCCCC2)OC(C)=O)OC(C)=O)CC(CC2CCNC(N)C2)C1O. The highest BCUT2D eigenvalue weighted by Crippen LogP contribution is 2.39. The molecule has 2 aliphatic carbocycles. The number of carbonyl (C=O) groups excluding carboxylic acids is 2. The van der Waals surface area contributed by atoms with Crippen LogP contribution in [0.3, 0.4) is 0 Å². The Bertz CT molecular complexity index is 700. The van der Waals surface area contributed by atoms with Crippen LogP contribution in [0.2, 0.25) is 0 Å². The van der Waals surface area contributed by atoms with Gasteiger partial charge in [0.2, 0.25) is 0 Å². The molecule has 8 atom stereocenters. The van der Waals surface area contributed by atoms with E-state index in [-0.39, 0.29) is 42.3 Å². The average Bonchev–Trinajstić information content (AvgIpc) is 2.84. The molecular formula is C29H52N2O6. The summed E-state index contributed by atoms with van der Waals surface area (Å²) in [5, 5.41) is 14.3. The van der Waals surface area contributed by atoms with E-state index in [0.29, 0.717) is 24.2 Å². The molecule has 0 spiro atoms. The van der Waals surface area contributed by atoms with Crippen LogP contribution in [-0.4, -0.2) is 61.3 Å². The van der Waals surface area contributed by atoms with Crippen LogP contribution >= 0.6 is 0 Å². The molecule has 214 valence electrons. The summed E-state index contributed by atoms with van der Waals surface area (Å²) in [6.45, 7) is 3.84. The Hall–Kier alpha value is -1.22. The number of aliphatic hydroxyl groups is 1. The van der Waals surface area contributed by atoms with Crippen LogP contribution in [0.4, 0.5) is 0 Å². The summed E-state index contributed by atoms with van der Waals surface area (Å²) in [6, 6.07) is 0. The van der Waals surface area contributed by atoms with Crippen LogP contribution < -0.4 is 11.1 Å². The van der Waals surface area contributed by atoms with Crippen molar-refractivity contribution in [2.24, 2.45) is 29.4 Å². The lowest BCUT2D eigenvalue weighted by Gasteiger charge is -2.41. The highest BCUT2D eigenvalue weighted by molar-refractivity contribution is 5.66. The first-order valence-electron chi connectivity index (χ1n) is 14.8. The molecule has 2 saturated carbocycles. The molecule has 8 nitrogen and oxygen atoms in total. The molecular weight excluding hydrogens is 472 g/mol. The number of esters is 2. The van der Waals surface area contributed by atoms with Crippen molar-refractivity contribution in [3.05, 3.63) is 0 Å². The van der Waals surface area contributed by atoms with Crippen LogP contribution in [0.25, 0.3) is 0 Å². The molecule has 0 aromatic carbocycles. The number of hydrogen-bond donors (Lipinski definition) is 3. The van der Waals surface area contributed by atoms with Gasteiger partial charge in [-0.25, -0.2) is 0 Å². The van der Waals surface area contributed by atoms with E-state index in [1.165, 1.54) is 46.0 Å². The van der Waals surface area contributed by atoms with E-state index in [0.717, 1.165) is 57.9 Å². The summed E-state index contributed by atoms with van der Waals surface area (Å²) in [5.74, 6) is 1.10. The van der Waals surface area contributed by atoms with Crippen LogP contribution in [0, 0.1) is 23.7 Å². The number of hydrogen-bond acceptors (Lipinski definition) is 8. The molecule has 3 aliphatic rings. The van der Waals surface area contributed by atoms with Gasteiger partial charge in [0.1, 0.15) is 12.2 Å². The van der Waals surface area contributed by atoms with E-state index in [1.807, 2.05) is 0 Å². The monoisotopic (exact) mass is 524 g/mol. The number of ether oxygens (including phenoxy) is 3. The van der Waals surface area contributed by atoms with Crippen molar-refractivity contribution in [3.63, 3.8) is 0 Å². The van der Waals surface area contributed by atoms with Gasteiger partial charge in [0.25, 0.3) is 0 Å². The quantitative estimate of drug-likeness (QED) is 0.327. The molecule has 0 amide bonds. The molecule has 3 rings (SSSR count). The second kappa shape index (κ2) is 15.4. The zero-order valence-electron chi connectivity index (χ0n) is 23.4. The molecule has 1 saturated heterocycles. The Morgan fingerprint density at radius 1 is 0.946 bits per heavy atom. The molecule has 1 aliphatic heterocycles. The standard InChI is InChI=1S/C29H52N2O6/c1-19(32)36-25(18-26(37-20(2)33)15-21-7-5-4-6-8-21)10-9-22-13-24(29(34)27(16-22)35-3)14-23-11-12-31-28(30)17-23/h21-29,31,34H,4-18,30H2,1-3H3. The third kappa shape index (κ3) is 10.5. The lowest BCUT2D eigenvalue weighted by atomic mass is 9.71. The summed E-state index contributed by atoms with van der Waals surface area (Å²) in [5.41, 5.74) is 6.12. The first-order valence-corrected chi connectivity index (χ1v) is 14.8. The molecule has 8 unspecified atom stereocenters. The fourth-order valence-corrected chi connectivity index (χ4v) is 7.21. The van der Waals surface area contributed by atoms with Gasteiger partial charge in [0.15, 0.2) is 0 Å². The van der Waals surface area contributed by atoms with Crippen molar-refractivity contribution in [1.29, 1.82) is 0 Å². The second-order valence-electron chi connectivity index (χ2n) is 12.1. The van der Waals surface area contributed by atoms with Gasteiger partial charge in [0.05, 0.1) is 18.4 Å². The minimum atomic E-state index is -0.458. The zero-order valence-corrected chi connectivity index (χ0v) is 23.4. The molecule has 3 fully saturated rings. The number of piperidine rings is 1. The number of aliphatic hydroxyl groups excluding tert-OH is 1. The van der Waals surface area contributed by atoms with Crippen LogP contribution in [0.15, 0.2) is 0 Å². The molecule has 1 heterocycles. The van der Waals surface area contributed by atoms with Crippen LogP contribution in [-0.2, 0) is 23.8 Å². The average molecular weight is 525 g/mol. The number of rotatable bonds is 12. The largest absolute Gasteiger partial charge is 0.462 e. The zero-order chi connectivity index (χ0) is 26.8. The van der Waals surface area contributed by atoms with Crippen molar-refractivity contribution in [2.75, 3.05) is 13.7 Å². The lowest BCUT2D eigenvalue weighted by Crippen LogP contribution is -2.47.